The fourth-order valence-electron chi connectivity index (χ4n) is 1.54. The van der Waals surface area contributed by atoms with Gasteiger partial charge in [-0.05, 0) is 19.1 Å². The molecule has 0 saturated carbocycles. The molecule has 0 spiro atoms. The molecule has 102 valence electrons. The average Bonchev–Trinajstić information content (AvgIpc) is 2.41. The first-order valence-electron chi connectivity index (χ1n) is 6.16. The number of carbonyl (C=O) groups is 1. The van der Waals surface area contributed by atoms with Crippen molar-refractivity contribution in [3.8, 4) is 6.07 Å². The number of nitrogens with one attached hydrogen (secondary N) is 1. The van der Waals surface area contributed by atoms with Gasteiger partial charge in [-0.1, -0.05) is 17.7 Å². The second-order valence-electron chi connectivity index (χ2n) is 4.18. The zero-order valence-corrected chi connectivity index (χ0v) is 11.3. The van der Waals surface area contributed by atoms with Crippen LogP contribution < -0.4 is 5.32 Å². The van der Waals surface area contributed by atoms with Crippen molar-refractivity contribution in [2.75, 3.05) is 32.1 Å². The lowest BCUT2D eigenvalue weighted by Crippen LogP contribution is -2.37. The molecule has 0 aromatic heterocycles. The molecule has 0 aliphatic carbocycles. The number of ether oxygens (including phenoxy) is 1. The lowest BCUT2D eigenvalue weighted by Gasteiger charge is -2.21. The van der Waals surface area contributed by atoms with E-state index in [0.717, 1.165) is 11.3 Å². The first-order chi connectivity index (χ1) is 9.17. The summed E-state index contributed by atoms with van der Waals surface area (Å²) in [5, 5.41) is 11.4. The number of rotatable bonds is 6. The number of benzene rings is 1. The molecule has 1 aromatic rings. The van der Waals surface area contributed by atoms with Crippen molar-refractivity contribution in [1.82, 2.24) is 4.90 Å². The van der Waals surface area contributed by atoms with Gasteiger partial charge < -0.3 is 15.0 Å². The maximum atomic E-state index is 12.1. The molecule has 0 unspecified atom stereocenters. The Bertz CT molecular complexity index is 437. The molecule has 0 saturated heterocycles. The van der Waals surface area contributed by atoms with Crippen LogP contribution in [0.5, 0.6) is 0 Å². The van der Waals surface area contributed by atoms with Gasteiger partial charge in [0.25, 0.3) is 0 Å². The first kappa shape index (κ1) is 15.0. The van der Waals surface area contributed by atoms with E-state index in [1.54, 1.807) is 12.0 Å². The quantitative estimate of drug-likeness (QED) is 0.855. The molecular weight excluding hydrogens is 242 g/mol. The highest BCUT2D eigenvalue weighted by atomic mass is 16.5. The van der Waals surface area contributed by atoms with Crippen LogP contribution in [0.1, 0.15) is 12.0 Å². The Morgan fingerprint density at radius 1 is 1.37 bits per heavy atom. The maximum absolute atomic E-state index is 12.1. The lowest BCUT2D eigenvalue weighted by molar-refractivity contribution is 0.156. The van der Waals surface area contributed by atoms with E-state index in [2.05, 4.69) is 5.32 Å². The van der Waals surface area contributed by atoms with E-state index >= 15 is 0 Å². The van der Waals surface area contributed by atoms with Crippen LogP contribution in [-0.4, -0.2) is 37.7 Å². The molecular formula is C14H19N3O2. The van der Waals surface area contributed by atoms with Crippen LogP contribution in [0.25, 0.3) is 0 Å². The molecule has 0 aliphatic heterocycles. The minimum Gasteiger partial charge on any atom is -0.383 e. The molecule has 0 atom stereocenters. The highest BCUT2D eigenvalue weighted by Gasteiger charge is 2.12. The SMILES string of the molecule is COCCN(CCC#N)C(=O)Nc1ccc(C)cc1. The summed E-state index contributed by atoms with van der Waals surface area (Å²) < 4.78 is 4.96. The van der Waals surface area contributed by atoms with Crippen molar-refractivity contribution in [3.63, 3.8) is 0 Å². The van der Waals surface area contributed by atoms with Gasteiger partial charge in [-0.25, -0.2) is 4.79 Å². The molecule has 0 fully saturated rings. The van der Waals surface area contributed by atoms with Crippen molar-refractivity contribution in [2.24, 2.45) is 0 Å². The van der Waals surface area contributed by atoms with Gasteiger partial charge in [-0.2, -0.15) is 5.26 Å². The van der Waals surface area contributed by atoms with E-state index < -0.39 is 0 Å². The van der Waals surface area contributed by atoms with Gasteiger partial charge >= 0.3 is 6.03 Å². The van der Waals surface area contributed by atoms with Crippen LogP contribution in [0.4, 0.5) is 10.5 Å². The van der Waals surface area contributed by atoms with Crippen LogP contribution in [-0.2, 0) is 4.74 Å². The zero-order valence-electron chi connectivity index (χ0n) is 11.3. The monoisotopic (exact) mass is 261 g/mol. The maximum Gasteiger partial charge on any atom is 0.321 e. The summed E-state index contributed by atoms with van der Waals surface area (Å²) in [7, 11) is 1.58. The third-order valence-electron chi connectivity index (χ3n) is 2.65. The van der Waals surface area contributed by atoms with Crippen molar-refractivity contribution in [3.05, 3.63) is 29.8 Å². The number of nitrogens with zero attached hydrogens (tertiary/aromatic N) is 2. The summed E-state index contributed by atoms with van der Waals surface area (Å²) in [5.41, 5.74) is 1.88. The Morgan fingerprint density at radius 3 is 2.63 bits per heavy atom. The van der Waals surface area contributed by atoms with E-state index in [9.17, 15) is 4.79 Å². The predicted octanol–water partition coefficient (Wildman–Crippen LogP) is 2.39. The summed E-state index contributed by atoms with van der Waals surface area (Å²) in [5.74, 6) is 0. The Hall–Kier alpha value is -2.06. The van der Waals surface area contributed by atoms with Gasteiger partial charge in [0.2, 0.25) is 0 Å². The molecule has 0 heterocycles. The molecule has 0 radical (unpaired) electrons. The van der Waals surface area contributed by atoms with E-state index in [-0.39, 0.29) is 6.03 Å². The van der Waals surface area contributed by atoms with Crippen molar-refractivity contribution >= 4 is 11.7 Å². The first-order valence-corrected chi connectivity index (χ1v) is 6.16. The number of hydrogen-bond donors (Lipinski definition) is 1. The lowest BCUT2D eigenvalue weighted by atomic mass is 10.2. The van der Waals surface area contributed by atoms with Crippen LogP contribution in [0, 0.1) is 18.3 Å². The number of urea groups is 1. The van der Waals surface area contributed by atoms with Crippen molar-refractivity contribution in [1.29, 1.82) is 5.26 Å². The Balaban J connectivity index is 2.59. The summed E-state index contributed by atoms with van der Waals surface area (Å²) >= 11 is 0. The fourth-order valence-corrected chi connectivity index (χ4v) is 1.54. The highest BCUT2D eigenvalue weighted by Crippen LogP contribution is 2.09. The Labute approximate surface area is 113 Å². The minimum atomic E-state index is -0.212. The number of nitriles is 1. The summed E-state index contributed by atoms with van der Waals surface area (Å²) in [4.78, 5) is 13.6. The summed E-state index contributed by atoms with van der Waals surface area (Å²) in [6, 6.07) is 9.40. The van der Waals surface area contributed by atoms with E-state index in [0.29, 0.717) is 26.1 Å². The molecule has 1 N–H and O–H groups in total. The van der Waals surface area contributed by atoms with Crippen LogP contribution in [0.2, 0.25) is 0 Å². The average molecular weight is 261 g/mol. The second kappa shape index (κ2) is 8.11. The summed E-state index contributed by atoms with van der Waals surface area (Å²) in [6.07, 6.45) is 0.311. The van der Waals surface area contributed by atoms with E-state index in [4.69, 9.17) is 10.00 Å². The van der Waals surface area contributed by atoms with E-state index in [1.807, 2.05) is 37.3 Å². The predicted molar refractivity (Wildman–Crippen MR) is 73.9 cm³/mol. The van der Waals surface area contributed by atoms with Crippen LogP contribution in [0.15, 0.2) is 24.3 Å². The Morgan fingerprint density at radius 2 is 2.05 bits per heavy atom. The molecule has 0 aliphatic rings. The molecule has 5 nitrogen and oxygen atoms in total. The molecule has 1 aromatic carbocycles. The molecule has 0 bridgehead atoms. The topological polar surface area (TPSA) is 65.4 Å². The molecule has 5 heteroatoms. The van der Waals surface area contributed by atoms with Crippen molar-refractivity contribution in [2.45, 2.75) is 13.3 Å². The van der Waals surface area contributed by atoms with Gasteiger partial charge in [0.05, 0.1) is 19.1 Å². The van der Waals surface area contributed by atoms with Crippen molar-refractivity contribution < 1.29 is 9.53 Å². The van der Waals surface area contributed by atoms with Gasteiger partial charge in [0.15, 0.2) is 0 Å². The summed E-state index contributed by atoms with van der Waals surface area (Å²) in [6.45, 7) is 3.31. The smallest absolute Gasteiger partial charge is 0.321 e. The number of amides is 2. The number of methoxy groups -OCH3 is 1. The molecule has 19 heavy (non-hydrogen) atoms. The minimum absolute atomic E-state index is 0.212. The zero-order chi connectivity index (χ0) is 14.1. The highest BCUT2D eigenvalue weighted by molar-refractivity contribution is 5.89. The molecule has 2 amide bonds. The van der Waals surface area contributed by atoms with Crippen LogP contribution in [0.3, 0.4) is 0 Å². The molecule has 1 rings (SSSR count). The van der Waals surface area contributed by atoms with Gasteiger partial charge in [0, 0.05) is 25.9 Å². The second-order valence-corrected chi connectivity index (χ2v) is 4.18. The third kappa shape index (κ3) is 5.40. The standard InChI is InChI=1S/C14H19N3O2/c1-12-4-6-13(7-5-12)16-14(18)17(9-3-8-15)10-11-19-2/h4-7H,3,9-11H2,1-2H3,(H,16,18). The normalized spacial score (nSPS) is 9.74. The number of hydrogen-bond acceptors (Lipinski definition) is 3. The Kier molecular flexibility index (Phi) is 6.41. The third-order valence-corrected chi connectivity index (χ3v) is 2.65. The van der Waals surface area contributed by atoms with Gasteiger partial charge in [-0.3, -0.25) is 0 Å². The van der Waals surface area contributed by atoms with Gasteiger partial charge in [-0.15, -0.1) is 0 Å². The van der Waals surface area contributed by atoms with Gasteiger partial charge in [0.1, 0.15) is 0 Å². The number of anilines is 1. The fraction of sp³-hybridized carbons (Fsp3) is 0.429. The number of carbonyl (C=O) groups excluding carboxylic acids is 1. The number of aryl methyl sites for hydroxylation is 1. The van der Waals surface area contributed by atoms with E-state index in [1.165, 1.54) is 0 Å². The van der Waals surface area contributed by atoms with Crippen LogP contribution >= 0.6 is 0 Å². The largest absolute Gasteiger partial charge is 0.383 e.